The second-order valence-electron chi connectivity index (χ2n) is 4.65. The van der Waals surface area contributed by atoms with Gasteiger partial charge in [0.05, 0.1) is 5.84 Å². The lowest BCUT2D eigenvalue weighted by molar-refractivity contribution is 0.252. The van der Waals surface area contributed by atoms with Crippen LogP contribution in [0.25, 0.3) is 0 Å². The Morgan fingerprint density at radius 1 is 1.55 bits per heavy atom. The van der Waals surface area contributed by atoms with Crippen LogP contribution in [0.3, 0.4) is 0 Å². The number of amides is 2. The molecule has 1 aromatic carbocycles. The van der Waals surface area contributed by atoms with Gasteiger partial charge in [-0.25, -0.2) is 26.7 Å². The molecule has 0 spiro atoms. The van der Waals surface area contributed by atoms with Gasteiger partial charge in [-0.05, 0) is 31.5 Å². The van der Waals surface area contributed by atoms with Crippen molar-refractivity contribution in [1.82, 2.24) is 5.32 Å². The molecule has 1 aliphatic rings. The molecule has 5 nitrogen and oxygen atoms in total. The van der Waals surface area contributed by atoms with Crippen molar-refractivity contribution in [3.63, 3.8) is 0 Å². The molecule has 0 fully saturated rings. The van der Waals surface area contributed by atoms with E-state index in [9.17, 15) is 9.18 Å². The van der Waals surface area contributed by atoms with Crippen LogP contribution in [0, 0.1) is 12.2 Å². The SMILES string of the molecule is CC=NC1=NC(CCNC(=O)Nc2cccc(F)c2)=C[CH-]C1. The monoisotopic (exact) mass is 301 g/mol. The Bertz CT molecular complexity index is 622. The summed E-state index contributed by atoms with van der Waals surface area (Å²) >= 11 is 0. The Labute approximate surface area is 129 Å². The molecule has 2 N–H and O–H groups in total. The summed E-state index contributed by atoms with van der Waals surface area (Å²) in [6.07, 6.45) is 6.97. The Balaban J connectivity index is 1.76. The second kappa shape index (κ2) is 7.97. The van der Waals surface area contributed by atoms with E-state index < -0.39 is 0 Å². The lowest BCUT2D eigenvalue weighted by Crippen LogP contribution is -2.29. The number of hydrogen-bond acceptors (Lipinski definition) is 3. The van der Waals surface area contributed by atoms with Crippen LogP contribution >= 0.6 is 0 Å². The summed E-state index contributed by atoms with van der Waals surface area (Å²) in [4.78, 5) is 20.3. The topological polar surface area (TPSA) is 65.8 Å². The van der Waals surface area contributed by atoms with E-state index in [1.807, 2.05) is 19.4 Å². The summed E-state index contributed by atoms with van der Waals surface area (Å²) < 4.78 is 13.0. The number of hydrogen-bond donors (Lipinski definition) is 2. The molecule has 0 aliphatic carbocycles. The molecule has 0 unspecified atom stereocenters. The molecule has 1 aliphatic heterocycles. The van der Waals surface area contributed by atoms with Crippen LogP contribution in [-0.4, -0.2) is 24.6 Å². The fourth-order valence-electron chi connectivity index (χ4n) is 1.96. The fourth-order valence-corrected chi connectivity index (χ4v) is 1.96. The summed E-state index contributed by atoms with van der Waals surface area (Å²) in [6, 6.07) is 5.38. The molecular weight excluding hydrogens is 283 g/mol. The van der Waals surface area contributed by atoms with Crippen molar-refractivity contribution >= 4 is 23.8 Å². The zero-order valence-corrected chi connectivity index (χ0v) is 12.3. The minimum absolute atomic E-state index is 0.373. The quantitative estimate of drug-likeness (QED) is 0.650. The van der Waals surface area contributed by atoms with Gasteiger partial charge in [-0.1, -0.05) is 12.5 Å². The Hall–Kier alpha value is -2.63. The maximum absolute atomic E-state index is 13.0. The number of nitrogens with zero attached hydrogens (tertiary/aromatic N) is 2. The normalized spacial score (nSPS) is 14.1. The van der Waals surface area contributed by atoms with Crippen LogP contribution in [0.5, 0.6) is 0 Å². The van der Waals surface area contributed by atoms with Crippen LogP contribution in [0.1, 0.15) is 19.8 Å². The first-order valence-electron chi connectivity index (χ1n) is 7.06. The molecular formula is C16H18FN4O-. The van der Waals surface area contributed by atoms with Gasteiger partial charge in [0.15, 0.2) is 0 Å². The zero-order chi connectivity index (χ0) is 15.8. The largest absolute Gasteiger partial charge is 0.339 e. The third kappa shape index (κ3) is 5.05. The molecule has 0 saturated carbocycles. The Morgan fingerprint density at radius 2 is 2.41 bits per heavy atom. The molecule has 0 aromatic heterocycles. The van der Waals surface area contributed by atoms with Crippen molar-refractivity contribution in [3.05, 3.63) is 48.3 Å². The highest BCUT2D eigenvalue weighted by Gasteiger charge is 2.02. The van der Waals surface area contributed by atoms with Crippen LogP contribution in [0.15, 0.2) is 46.0 Å². The Kier molecular flexibility index (Phi) is 5.71. The minimum Gasteiger partial charge on any atom is -0.339 e. The van der Waals surface area contributed by atoms with Gasteiger partial charge in [0, 0.05) is 18.4 Å². The predicted molar refractivity (Wildman–Crippen MR) is 86.6 cm³/mol. The predicted octanol–water partition coefficient (Wildman–Crippen LogP) is 3.32. The van der Waals surface area contributed by atoms with Crippen LogP contribution < -0.4 is 10.6 Å². The van der Waals surface area contributed by atoms with Crippen molar-refractivity contribution in [1.29, 1.82) is 0 Å². The van der Waals surface area contributed by atoms with Gasteiger partial charge in [0.2, 0.25) is 0 Å². The van der Waals surface area contributed by atoms with E-state index in [4.69, 9.17) is 0 Å². The van der Waals surface area contributed by atoms with E-state index in [2.05, 4.69) is 20.6 Å². The van der Waals surface area contributed by atoms with Gasteiger partial charge in [0.1, 0.15) is 5.82 Å². The van der Waals surface area contributed by atoms with E-state index in [0.29, 0.717) is 18.7 Å². The number of rotatable bonds is 4. The van der Waals surface area contributed by atoms with Crippen molar-refractivity contribution in [2.45, 2.75) is 19.8 Å². The number of carbonyl (C=O) groups excluding carboxylic acids is 1. The third-order valence-corrected chi connectivity index (χ3v) is 2.91. The maximum Gasteiger partial charge on any atom is 0.319 e. The fraction of sp³-hybridized carbons (Fsp3) is 0.250. The smallest absolute Gasteiger partial charge is 0.319 e. The van der Waals surface area contributed by atoms with Crippen molar-refractivity contribution < 1.29 is 9.18 Å². The first kappa shape index (κ1) is 15.8. The number of nitrogens with one attached hydrogen (secondary N) is 2. The number of halogens is 1. The number of urea groups is 1. The van der Waals surface area contributed by atoms with E-state index in [-0.39, 0.29) is 11.8 Å². The van der Waals surface area contributed by atoms with Crippen molar-refractivity contribution in [3.8, 4) is 0 Å². The molecule has 0 radical (unpaired) electrons. The summed E-state index contributed by atoms with van der Waals surface area (Å²) in [5.41, 5.74) is 1.29. The highest BCUT2D eigenvalue weighted by molar-refractivity contribution is 5.91. The molecule has 0 saturated heterocycles. The first-order valence-corrected chi connectivity index (χ1v) is 7.06. The average molecular weight is 301 g/mol. The summed E-state index contributed by atoms with van der Waals surface area (Å²) in [5, 5.41) is 5.28. The van der Waals surface area contributed by atoms with Gasteiger partial charge in [0.25, 0.3) is 0 Å². The summed E-state index contributed by atoms with van der Waals surface area (Å²) in [5.74, 6) is 0.378. The number of amidine groups is 1. The lowest BCUT2D eigenvalue weighted by atomic mass is 10.1. The first-order chi connectivity index (χ1) is 10.7. The molecule has 22 heavy (non-hydrogen) atoms. The standard InChI is InChI=1S/C16H18FN4O/c1-2-18-15-8-4-6-13(20-15)9-10-19-16(22)21-14-7-3-5-12(17)11-14/h2-7,11H,8-10H2,1H3,(H2,19,21,22)/q-1. The van der Waals surface area contributed by atoms with Crippen LogP contribution in [0.2, 0.25) is 0 Å². The maximum atomic E-state index is 13.0. The van der Waals surface area contributed by atoms with Gasteiger partial charge in [-0.15, -0.1) is 5.70 Å². The van der Waals surface area contributed by atoms with E-state index in [1.165, 1.54) is 18.2 Å². The highest BCUT2D eigenvalue weighted by atomic mass is 19.1. The molecule has 1 heterocycles. The lowest BCUT2D eigenvalue weighted by Gasteiger charge is -2.18. The molecule has 0 atom stereocenters. The number of carbonyl (C=O) groups is 1. The van der Waals surface area contributed by atoms with Crippen LogP contribution in [0.4, 0.5) is 14.9 Å². The van der Waals surface area contributed by atoms with Gasteiger partial charge in [-0.2, -0.15) is 0 Å². The summed E-state index contributed by atoms with van der Waals surface area (Å²) in [7, 11) is 0. The van der Waals surface area contributed by atoms with E-state index >= 15 is 0 Å². The van der Waals surface area contributed by atoms with Gasteiger partial charge < -0.3 is 15.6 Å². The molecule has 1 aromatic rings. The summed E-state index contributed by atoms with van der Waals surface area (Å²) in [6.45, 7) is 2.28. The number of allylic oxidation sites excluding steroid dienone is 1. The third-order valence-electron chi connectivity index (χ3n) is 2.91. The minimum atomic E-state index is -0.390. The molecule has 0 bridgehead atoms. The second-order valence-corrected chi connectivity index (χ2v) is 4.65. The van der Waals surface area contributed by atoms with Gasteiger partial charge in [-0.3, -0.25) is 0 Å². The highest BCUT2D eigenvalue weighted by Crippen LogP contribution is 2.13. The molecule has 6 heteroatoms. The molecule has 2 amide bonds. The molecule has 2 rings (SSSR count). The number of anilines is 1. The van der Waals surface area contributed by atoms with Crippen LogP contribution in [-0.2, 0) is 0 Å². The van der Waals surface area contributed by atoms with Crippen molar-refractivity contribution in [2.24, 2.45) is 9.98 Å². The number of aliphatic imine (C=N–C) groups is 2. The average Bonchev–Trinajstić information content (AvgIpc) is 2.48. The van der Waals surface area contributed by atoms with E-state index in [0.717, 1.165) is 18.0 Å². The number of benzene rings is 1. The zero-order valence-electron chi connectivity index (χ0n) is 12.3. The van der Waals surface area contributed by atoms with Crippen molar-refractivity contribution in [2.75, 3.05) is 11.9 Å². The molecule has 116 valence electrons. The van der Waals surface area contributed by atoms with E-state index in [1.54, 1.807) is 12.3 Å². The van der Waals surface area contributed by atoms with Gasteiger partial charge >= 0.3 is 6.03 Å². The Morgan fingerprint density at radius 3 is 3.18 bits per heavy atom.